The maximum Gasteiger partial charge on any atom is 0.167 e. The Balaban J connectivity index is 2.21. The summed E-state index contributed by atoms with van der Waals surface area (Å²) in [7, 11) is 0. The zero-order chi connectivity index (χ0) is 13.1. The Bertz CT molecular complexity index is 541. The van der Waals surface area contributed by atoms with Crippen LogP contribution in [-0.4, -0.2) is 29.3 Å². The molecule has 2 aromatic heterocycles. The summed E-state index contributed by atoms with van der Waals surface area (Å²) < 4.78 is 3.77. The fourth-order valence-corrected chi connectivity index (χ4v) is 1.89. The molecule has 0 aliphatic carbocycles. The van der Waals surface area contributed by atoms with Gasteiger partial charge >= 0.3 is 0 Å². The fourth-order valence-electron chi connectivity index (χ4n) is 1.72. The first-order valence-corrected chi connectivity index (χ1v) is 6.16. The highest BCUT2D eigenvalue weighted by Crippen LogP contribution is 2.05. The van der Waals surface area contributed by atoms with Gasteiger partial charge in [-0.2, -0.15) is 5.10 Å². The summed E-state index contributed by atoms with van der Waals surface area (Å²) in [4.78, 5) is 8.68. The van der Waals surface area contributed by atoms with Crippen molar-refractivity contribution in [3.63, 3.8) is 0 Å². The van der Waals surface area contributed by atoms with E-state index < -0.39 is 0 Å². The Hall–Kier alpha value is -1.76. The van der Waals surface area contributed by atoms with Gasteiger partial charge in [0.25, 0.3) is 0 Å². The maximum absolute atomic E-state index is 5.61. The molecule has 0 atom stereocenters. The van der Waals surface area contributed by atoms with E-state index in [4.69, 9.17) is 18.0 Å². The molecule has 0 bridgehead atoms. The minimum atomic E-state index is 0.287. The van der Waals surface area contributed by atoms with E-state index in [0.29, 0.717) is 18.3 Å². The molecule has 0 fully saturated rings. The largest absolute Gasteiger partial charge is 0.387 e. The van der Waals surface area contributed by atoms with E-state index in [1.807, 2.05) is 15.4 Å². The smallest absolute Gasteiger partial charge is 0.167 e. The number of hydrogen-bond donors (Lipinski definition) is 1. The Kier molecular flexibility index (Phi) is 3.71. The number of rotatable bonds is 5. The van der Waals surface area contributed by atoms with E-state index in [2.05, 4.69) is 28.9 Å². The molecule has 2 aromatic rings. The molecule has 0 saturated heterocycles. The lowest BCUT2D eigenvalue weighted by molar-refractivity contribution is 0.460. The standard InChI is InChI=1S/C11H16N6S/c1-8(2)5-17-9(14-7-15-17)6-16-4-3-13-11(16)10(12)18/h3-4,7-8H,5-6H2,1-2H3,(H2,12,18). The van der Waals surface area contributed by atoms with Crippen molar-refractivity contribution in [2.24, 2.45) is 11.7 Å². The molecule has 2 heterocycles. The van der Waals surface area contributed by atoms with Gasteiger partial charge < -0.3 is 10.3 Å². The number of hydrogen-bond acceptors (Lipinski definition) is 4. The third kappa shape index (κ3) is 2.73. The van der Waals surface area contributed by atoms with Crippen molar-refractivity contribution in [2.45, 2.75) is 26.9 Å². The highest BCUT2D eigenvalue weighted by atomic mass is 32.1. The zero-order valence-electron chi connectivity index (χ0n) is 10.4. The third-order valence-electron chi connectivity index (χ3n) is 2.48. The molecular formula is C11H16N6S. The SMILES string of the molecule is CC(C)Cn1ncnc1Cn1ccnc1C(N)=S. The lowest BCUT2D eigenvalue weighted by Crippen LogP contribution is -2.19. The van der Waals surface area contributed by atoms with Gasteiger partial charge in [0, 0.05) is 18.9 Å². The second-order valence-corrected chi connectivity index (χ2v) is 4.94. The molecule has 6 nitrogen and oxygen atoms in total. The summed E-state index contributed by atoms with van der Waals surface area (Å²) in [5, 5.41) is 4.22. The zero-order valence-corrected chi connectivity index (χ0v) is 11.3. The molecule has 0 amide bonds. The molecule has 0 aromatic carbocycles. The quantitative estimate of drug-likeness (QED) is 0.809. The number of nitrogens with zero attached hydrogens (tertiary/aromatic N) is 5. The normalized spacial score (nSPS) is 11.1. The Labute approximate surface area is 111 Å². The van der Waals surface area contributed by atoms with Crippen LogP contribution in [0.15, 0.2) is 18.7 Å². The van der Waals surface area contributed by atoms with Crippen LogP contribution in [0.2, 0.25) is 0 Å². The number of nitrogens with two attached hydrogens (primary N) is 1. The summed E-state index contributed by atoms with van der Waals surface area (Å²) in [5.74, 6) is 1.99. The first-order valence-electron chi connectivity index (χ1n) is 5.75. The fraction of sp³-hybridized carbons (Fsp3) is 0.455. The van der Waals surface area contributed by atoms with Gasteiger partial charge in [0.1, 0.15) is 17.1 Å². The van der Waals surface area contributed by atoms with Crippen LogP contribution in [0.3, 0.4) is 0 Å². The first kappa shape index (κ1) is 12.7. The van der Waals surface area contributed by atoms with Crippen molar-refractivity contribution in [1.82, 2.24) is 24.3 Å². The number of thiocarbonyl (C=S) groups is 1. The van der Waals surface area contributed by atoms with Crippen molar-refractivity contribution in [3.8, 4) is 0 Å². The van der Waals surface area contributed by atoms with Gasteiger partial charge in [-0.25, -0.2) is 14.6 Å². The van der Waals surface area contributed by atoms with E-state index in [1.54, 1.807) is 12.5 Å². The monoisotopic (exact) mass is 264 g/mol. The lowest BCUT2D eigenvalue weighted by Gasteiger charge is -2.10. The summed E-state index contributed by atoms with van der Waals surface area (Å²) in [6.07, 6.45) is 5.08. The minimum absolute atomic E-state index is 0.287. The first-order chi connectivity index (χ1) is 8.58. The van der Waals surface area contributed by atoms with Crippen LogP contribution >= 0.6 is 12.2 Å². The van der Waals surface area contributed by atoms with E-state index in [9.17, 15) is 0 Å². The molecule has 2 N–H and O–H groups in total. The van der Waals surface area contributed by atoms with Crippen LogP contribution < -0.4 is 5.73 Å². The van der Waals surface area contributed by atoms with Crippen molar-refractivity contribution in [2.75, 3.05) is 0 Å². The van der Waals surface area contributed by atoms with Crippen molar-refractivity contribution < 1.29 is 0 Å². The predicted molar refractivity (Wildman–Crippen MR) is 72.1 cm³/mol. The van der Waals surface area contributed by atoms with Crippen LogP contribution in [0.25, 0.3) is 0 Å². The molecule has 0 aliphatic rings. The summed E-state index contributed by atoms with van der Waals surface area (Å²) in [6, 6.07) is 0. The van der Waals surface area contributed by atoms with Gasteiger partial charge in [-0.15, -0.1) is 0 Å². The molecular weight excluding hydrogens is 248 g/mol. The van der Waals surface area contributed by atoms with Crippen LogP contribution in [0, 0.1) is 5.92 Å². The molecule has 0 radical (unpaired) electrons. The maximum atomic E-state index is 5.61. The van der Waals surface area contributed by atoms with Crippen LogP contribution in [-0.2, 0) is 13.1 Å². The molecule has 7 heteroatoms. The minimum Gasteiger partial charge on any atom is -0.387 e. The van der Waals surface area contributed by atoms with Crippen molar-refractivity contribution in [1.29, 1.82) is 0 Å². The Morgan fingerprint density at radius 3 is 2.89 bits per heavy atom. The average molecular weight is 264 g/mol. The van der Waals surface area contributed by atoms with E-state index >= 15 is 0 Å². The molecule has 2 rings (SSSR count). The molecule has 0 saturated carbocycles. The average Bonchev–Trinajstić information content (AvgIpc) is 2.88. The van der Waals surface area contributed by atoms with Crippen molar-refractivity contribution >= 4 is 17.2 Å². The second-order valence-electron chi connectivity index (χ2n) is 4.50. The van der Waals surface area contributed by atoms with Gasteiger partial charge in [-0.3, -0.25) is 0 Å². The highest BCUT2D eigenvalue weighted by Gasteiger charge is 2.10. The third-order valence-corrected chi connectivity index (χ3v) is 2.66. The van der Waals surface area contributed by atoms with Gasteiger partial charge in [-0.1, -0.05) is 26.1 Å². The van der Waals surface area contributed by atoms with Crippen molar-refractivity contribution in [3.05, 3.63) is 30.4 Å². The second kappa shape index (κ2) is 5.26. The number of aromatic nitrogens is 5. The molecule has 0 unspecified atom stereocenters. The Morgan fingerprint density at radius 1 is 1.44 bits per heavy atom. The summed E-state index contributed by atoms with van der Waals surface area (Å²) >= 11 is 4.95. The van der Waals surface area contributed by atoms with Crippen LogP contribution in [0.1, 0.15) is 25.5 Å². The van der Waals surface area contributed by atoms with Gasteiger partial charge in [-0.05, 0) is 5.92 Å². The molecule has 0 aliphatic heterocycles. The lowest BCUT2D eigenvalue weighted by atomic mass is 10.2. The van der Waals surface area contributed by atoms with Gasteiger partial charge in [0.15, 0.2) is 5.82 Å². The number of imidazole rings is 1. The highest BCUT2D eigenvalue weighted by molar-refractivity contribution is 7.80. The topological polar surface area (TPSA) is 74.5 Å². The van der Waals surface area contributed by atoms with Crippen LogP contribution in [0.4, 0.5) is 0 Å². The van der Waals surface area contributed by atoms with Gasteiger partial charge in [0.05, 0.1) is 6.54 Å². The Morgan fingerprint density at radius 2 is 2.22 bits per heavy atom. The molecule has 18 heavy (non-hydrogen) atoms. The predicted octanol–water partition coefficient (Wildman–Crippen LogP) is 0.813. The molecule has 96 valence electrons. The van der Waals surface area contributed by atoms with E-state index in [-0.39, 0.29) is 4.99 Å². The molecule has 0 spiro atoms. The summed E-state index contributed by atoms with van der Waals surface area (Å²) in [6.45, 7) is 5.69. The van der Waals surface area contributed by atoms with Crippen LogP contribution in [0.5, 0.6) is 0 Å². The van der Waals surface area contributed by atoms with Gasteiger partial charge in [0.2, 0.25) is 0 Å². The summed E-state index contributed by atoms with van der Waals surface area (Å²) in [5.41, 5.74) is 5.61. The van der Waals surface area contributed by atoms with E-state index in [1.165, 1.54) is 0 Å². The van der Waals surface area contributed by atoms with E-state index in [0.717, 1.165) is 12.4 Å².